The zero-order chi connectivity index (χ0) is 36.2. The summed E-state index contributed by atoms with van der Waals surface area (Å²) in [7, 11) is -2.45. The molecule has 1 aliphatic heterocycles. The fraction of sp³-hybridized carbons (Fsp3) is 0.543. The maximum atomic E-state index is 13.7. The number of nitrogens with two attached hydrogens (primary N) is 1. The first-order valence-electron chi connectivity index (χ1n) is 16.9. The SMILES string of the molecule is CC#CCn1c(N2CCC[C@@H](N)C2)nc2c1c(=O)n(Cc1nc(C)c3ccccc3n1)c(=O)n2C.CC1(C)C2CCC1(CS(=O)(=O)O)C(=O)C2. The fourth-order valence-electron chi connectivity index (χ4n) is 8.17. The standard InChI is InChI=1S/C25H28N8O2.C10H16O4S/c1-4-5-13-32-21-22(29-24(32)31-12-8-9-17(26)14-31)30(3)25(35)33(23(21)34)15-20-27-16(2)18-10-6-7-11-19(18)28-20;1-9(2)7-3-4-10(9,8(11)5-7)6-15(12,13)14/h6-7,10-11,17H,8-9,12-15,26H2,1-3H3;7H,3-6H2,1-2H3,(H,12,13,14)/t17-;/m1./s1. The van der Waals surface area contributed by atoms with Gasteiger partial charge in [0.15, 0.2) is 11.2 Å². The highest BCUT2D eigenvalue weighted by Crippen LogP contribution is 2.64. The second-order valence-electron chi connectivity index (χ2n) is 14.3. The van der Waals surface area contributed by atoms with Crippen molar-refractivity contribution < 1.29 is 17.8 Å². The van der Waals surface area contributed by atoms with Crippen molar-refractivity contribution in [1.29, 1.82) is 0 Å². The second kappa shape index (κ2) is 13.1. The van der Waals surface area contributed by atoms with E-state index in [9.17, 15) is 22.8 Å². The number of Topliss-reactive ketones (excluding diaryl/α,β-unsaturated/α-hetero) is 1. The zero-order valence-corrected chi connectivity index (χ0v) is 30.0. The summed E-state index contributed by atoms with van der Waals surface area (Å²) in [5, 5.41) is 0.938. The largest absolute Gasteiger partial charge is 0.341 e. The number of anilines is 1. The average molecular weight is 705 g/mol. The monoisotopic (exact) mass is 704 g/mol. The van der Waals surface area contributed by atoms with E-state index in [1.807, 2.05) is 45.0 Å². The molecule has 3 aliphatic rings. The minimum Gasteiger partial charge on any atom is -0.341 e. The van der Waals surface area contributed by atoms with Gasteiger partial charge in [0.1, 0.15) is 11.6 Å². The van der Waals surface area contributed by atoms with E-state index in [-0.39, 0.29) is 36.2 Å². The first-order valence-corrected chi connectivity index (χ1v) is 18.5. The van der Waals surface area contributed by atoms with Gasteiger partial charge in [-0.1, -0.05) is 38.0 Å². The minimum absolute atomic E-state index is 0.0152. The number of rotatable bonds is 6. The topological polar surface area (TPSA) is 188 Å². The van der Waals surface area contributed by atoms with Crippen LogP contribution in [0.3, 0.4) is 0 Å². The maximum Gasteiger partial charge on any atom is 0.332 e. The lowest BCUT2D eigenvalue weighted by Crippen LogP contribution is -2.44. The summed E-state index contributed by atoms with van der Waals surface area (Å²) in [5.41, 5.74) is 6.42. The molecule has 3 aromatic heterocycles. The van der Waals surface area contributed by atoms with Crippen molar-refractivity contribution >= 4 is 43.9 Å². The molecule has 2 bridgehead atoms. The van der Waals surface area contributed by atoms with Crippen LogP contribution in [-0.2, 0) is 35.0 Å². The lowest BCUT2D eigenvalue weighted by Gasteiger charge is -2.35. The third-order valence-electron chi connectivity index (χ3n) is 11.1. The molecule has 2 unspecified atom stereocenters. The molecule has 3 fully saturated rings. The maximum absolute atomic E-state index is 13.7. The number of carbonyl (C=O) groups is 1. The van der Waals surface area contributed by atoms with Gasteiger partial charge in [0.2, 0.25) is 5.95 Å². The van der Waals surface area contributed by atoms with Crippen molar-refractivity contribution in [2.24, 2.45) is 29.5 Å². The normalized spacial score (nSPS) is 22.8. The van der Waals surface area contributed by atoms with E-state index in [0.717, 1.165) is 42.4 Å². The van der Waals surface area contributed by atoms with Crippen LogP contribution >= 0.6 is 0 Å². The van der Waals surface area contributed by atoms with Gasteiger partial charge in [-0.2, -0.15) is 13.4 Å². The number of nitrogens with zero attached hydrogens (tertiary/aromatic N) is 7. The van der Waals surface area contributed by atoms with Gasteiger partial charge in [-0.3, -0.25) is 27.8 Å². The van der Waals surface area contributed by atoms with E-state index >= 15 is 0 Å². The lowest BCUT2D eigenvalue weighted by molar-refractivity contribution is -0.128. The van der Waals surface area contributed by atoms with Gasteiger partial charge in [-0.25, -0.2) is 14.8 Å². The summed E-state index contributed by atoms with van der Waals surface area (Å²) >= 11 is 0. The lowest BCUT2D eigenvalue weighted by atomic mass is 9.70. The number of aromatic nitrogens is 6. The molecule has 2 saturated carbocycles. The average Bonchev–Trinajstić information content (AvgIpc) is 3.61. The van der Waals surface area contributed by atoms with Gasteiger partial charge in [-0.15, -0.1) is 5.92 Å². The number of aryl methyl sites for hydroxylation is 2. The Hall–Kier alpha value is -4.39. The molecule has 1 aromatic carbocycles. The van der Waals surface area contributed by atoms with Crippen LogP contribution in [-0.4, -0.2) is 72.3 Å². The Morgan fingerprint density at radius 3 is 2.46 bits per heavy atom. The van der Waals surface area contributed by atoms with Crippen LogP contribution in [0.25, 0.3) is 22.1 Å². The van der Waals surface area contributed by atoms with E-state index < -0.39 is 32.5 Å². The number of carbonyl (C=O) groups excluding carboxylic acids is 1. The van der Waals surface area contributed by atoms with E-state index in [1.165, 1.54) is 9.13 Å². The van der Waals surface area contributed by atoms with Crippen molar-refractivity contribution in [2.45, 2.75) is 78.9 Å². The third kappa shape index (κ3) is 6.13. The second-order valence-corrected chi connectivity index (χ2v) is 15.8. The predicted molar refractivity (Wildman–Crippen MR) is 190 cm³/mol. The van der Waals surface area contributed by atoms with Gasteiger partial charge in [0.05, 0.1) is 29.8 Å². The van der Waals surface area contributed by atoms with Gasteiger partial charge < -0.3 is 10.6 Å². The Bertz CT molecular complexity index is 2300. The Balaban J connectivity index is 0.000000240. The molecule has 50 heavy (non-hydrogen) atoms. The summed E-state index contributed by atoms with van der Waals surface area (Å²) in [6.45, 7) is 9.20. The van der Waals surface area contributed by atoms with Crippen molar-refractivity contribution in [3.05, 3.63) is 56.6 Å². The molecule has 0 spiro atoms. The molecule has 1 saturated heterocycles. The van der Waals surface area contributed by atoms with Gasteiger partial charge in [0.25, 0.3) is 15.7 Å². The van der Waals surface area contributed by atoms with Crippen molar-refractivity contribution in [3.8, 4) is 11.8 Å². The predicted octanol–water partition coefficient (Wildman–Crippen LogP) is 2.42. The zero-order valence-electron chi connectivity index (χ0n) is 29.1. The number of benzene rings is 1. The number of hydrogen-bond acceptors (Lipinski definition) is 10. The molecular formula is C35H44N8O6S. The quantitative estimate of drug-likeness (QED) is 0.222. The summed E-state index contributed by atoms with van der Waals surface area (Å²) in [6.07, 6.45) is 3.85. The highest BCUT2D eigenvalue weighted by molar-refractivity contribution is 7.85. The van der Waals surface area contributed by atoms with Crippen molar-refractivity contribution in [2.75, 3.05) is 23.7 Å². The Labute approximate surface area is 290 Å². The molecule has 4 aromatic rings. The fourth-order valence-corrected chi connectivity index (χ4v) is 9.47. The minimum atomic E-state index is -4.08. The summed E-state index contributed by atoms with van der Waals surface area (Å²) in [4.78, 5) is 54.9. The van der Waals surface area contributed by atoms with E-state index in [0.29, 0.717) is 42.3 Å². The molecule has 3 atom stereocenters. The van der Waals surface area contributed by atoms with Gasteiger partial charge >= 0.3 is 5.69 Å². The third-order valence-corrected chi connectivity index (χ3v) is 11.9. The highest BCUT2D eigenvalue weighted by atomic mass is 32.2. The van der Waals surface area contributed by atoms with E-state index in [2.05, 4.69) is 26.7 Å². The molecule has 0 radical (unpaired) electrons. The summed E-state index contributed by atoms with van der Waals surface area (Å²) < 4.78 is 35.4. The number of imidazole rings is 1. The first-order chi connectivity index (χ1) is 23.6. The summed E-state index contributed by atoms with van der Waals surface area (Å²) in [5.74, 6) is 6.85. The van der Waals surface area contributed by atoms with Crippen LogP contribution in [0.1, 0.15) is 64.4 Å². The van der Waals surface area contributed by atoms with Crippen LogP contribution in [0.15, 0.2) is 33.9 Å². The molecule has 14 nitrogen and oxygen atoms in total. The Kier molecular flexibility index (Phi) is 9.25. The number of hydrogen-bond donors (Lipinski definition) is 2. The van der Waals surface area contributed by atoms with Crippen LogP contribution in [0.5, 0.6) is 0 Å². The molecule has 4 heterocycles. The van der Waals surface area contributed by atoms with E-state index in [4.69, 9.17) is 15.3 Å². The number of fused-ring (bicyclic) bond motifs is 4. The molecule has 0 amide bonds. The summed E-state index contributed by atoms with van der Waals surface area (Å²) in [6, 6.07) is 7.71. The van der Waals surface area contributed by atoms with Crippen LogP contribution in [0, 0.1) is 35.5 Å². The van der Waals surface area contributed by atoms with E-state index in [1.54, 1.807) is 18.5 Å². The smallest absolute Gasteiger partial charge is 0.332 e. The van der Waals surface area contributed by atoms with Gasteiger partial charge in [-0.05, 0) is 56.9 Å². The van der Waals surface area contributed by atoms with Crippen LogP contribution in [0.4, 0.5) is 5.95 Å². The Morgan fingerprint density at radius 2 is 1.82 bits per heavy atom. The number of ketones is 1. The number of para-hydroxylation sites is 1. The highest BCUT2D eigenvalue weighted by Gasteiger charge is 2.65. The van der Waals surface area contributed by atoms with Gasteiger partial charge in [0, 0.05) is 43.7 Å². The molecule has 2 aliphatic carbocycles. The number of piperidine rings is 1. The molecular weight excluding hydrogens is 661 g/mol. The van der Waals surface area contributed by atoms with Crippen LogP contribution in [0.2, 0.25) is 0 Å². The Morgan fingerprint density at radius 1 is 1.08 bits per heavy atom. The van der Waals surface area contributed by atoms with Crippen molar-refractivity contribution in [3.63, 3.8) is 0 Å². The molecule has 15 heteroatoms. The van der Waals surface area contributed by atoms with Crippen molar-refractivity contribution in [1.82, 2.24) is 28.7 Å². The molecule has 7 rings (SSSR count). The van der Waals surface area contributed by atoms with Crippen LogP contribution < -0.4 is 21.9 Å². The molecule has 266 valence electrons. The first kappa shape index (κ1) is 35.4. The molecule has 3 N–H and O–H groups in total.